The smallest absolute Gasteiger partial charge is 0.309 e. The molecule has 1 unspecified atom stereocenters. The normalized spacial score (nSPS) is 21.7. The highest BCUT2D eigenvalue weighted by atomic mass is 32.1. The number of carboxylic acid groups (broad SMARTS) is 1. The fourth-order valence-corrected chi connectivity index (χ4v) is 3.44. The maximum atomic E-state index is 11.2. The van der Waals surface area contributed by atoms with Gasteiger partial charge in [0.2, 0.25) is 0 Å². The standard InChI is InChI=1S/C14H21NO2S/c1-10-4-5-12(18-10)11(2)15-8-6-14(3,7-9-15)13(16)17/h4-5,11H,6-9H2,1-3H3,(H,16,17). The quantitative estimate of drug-likeness (QED) is 0.913. The van der Waals surface area contributed by atoms with Gasteiger partial charge in [0, 0.05) is 15.8 Å². The van der Waals surface area contributed by atoms with E-state index < -0.39 is 11.4 Å². The van der Waals surface area contributed by atoms with Crippen LogP contribution in [0.25, 0.3) is 0 Å². The fraction of sp³-hybridized carbons (Fsp3) is 0.643. The number of hydrogen-bond acceptors (Lipinski definition) is 3. The third-order valence-electron chi connectivity index (χ3n) is 4.14. The van der Waals surface area contributed by atoms with Gasteiger partial charge in [-0.25, -0.2) is 0 Å². The van der Waals surface area contributed by atoms with Gasteiger partial charge in [-0.2, -0.15) is 0 Å². The van der Waals surface area contributed by atoms with E-state index in [1.165, 1.54) is 9.75 Å². The molecule has 0 aromatic carbocycles. The molecule has 4 heteroatoms. The van der Waals surface area contributed by atoms with Crippen LogP contribution < -0.4 is 0 Å². The number of likely N-dealkylation sites (tertiary alicyclic amines) is 1. The average Bonchev–Trinajstić information content (AvgIpc) is 2.76. The molecule has 0 bridgehead atoms. The molecule has 18 heavy (non-hydrogen) atoms. The molecule has 0 saturated carbocycles. The zero-order valence-electron chi connectivity index (χ0n) is 11.3. The van der Waals surface area contributed by atoms with E-state index in [0.29, 0.717) is 6.04 Å². The van der Waals surface area contributed by atoms with Crippen molar-refractivity contribution in [3.63, 3.8) is 0 Å². The number of nitrogens with zero attached hydrogens (tertiary/aromatic N) is 1. The minimum absolute atomic E-state index is 0.405. The van der Waals surface area contributed by atoms with Crippen LogP contribution in [0, 0.1) is 12.3 Å². The first kappa shape index (κ1) is 13.6. The van der Waals surface area contributed by atoms with E-state index >= 15 is 0 Å². The molecule has 2 rings (SSSR count). The molecule has 0 aliphatic carbocycles. The monoisotopic (exact) mass is 267 g/mol. The lowest BCUT2D eigenvalue weighted by atomic mass is 9.80. The number of aryl methyl sites for hydroxylation is 1. The van der Waals surface area contributed by atoms with Crippen molar-refractivity contribution in [1.82, 2.24) is 4.90 Å². The summed E-state index contributed by atoms with van der Waals surface area (Å²) in [5, 5.41) is 9.23. The lowest BCUT2D eigenvalue weighted by molar-refractivity contribution is -0.151. The van der Waals surface area contributed by atoms with Gasteiger partial charge in [-0.1, -0.05) is 0 Å². The zero-order chi connectivity index (χ0) is 13.3. The lowest BCUT2D eigenvalue weighted by Crippen LogP contribution is -2.43. The predicted molar refractivity (Wildman–Crippen MR) is 74.0 cm³/mol. The van der Waals surface area contributed by atoms with Gasteiger partial charge >= 0.3 is 5.97 Å². The molecule has 1 N–H and O–H groups in total. The Morgan fingerprint density at radius 3 is 2.50 bits per heavy atom. The molecule has 1 aromatic heterocycles. The second-order valence-corrected chi connectivity index (χ2v) is 6.85. The summed E-state index contributed by atoms with van der Waals surface area (Å²) in [4.78, 5) is 16.3. The van der Waals surface area contributed by atoms with Crippen LogP contribution in [0.3, 0.4) is 0 Å². The Bertz CT molecular complexity index is 433. The summed E-state index contributed by atoms with van der Waals surface area (Å²) in [5.41, 5.74) is -0.526. The molecule has 0 radical (unpaired) electrons. The van der Waals surface area contributed by atoms with E-state index in [4.69, 9.17) is 0 Å². The van der Waals surface area contributed by atoms with E-state index in [-0.39, 0.29) is 0 Å². The zero-order valence-corrected chi connectivity index (χ0v) is 12.1. The van der Waals surface area contributed by atoms with Gasteiger partial charge in [-0.3, -0.25) is 9.69 Å². The van der Waals surface area contributed by atoms with Gasteiger partial charge in [0.15, 0.2) is 0 Å². The van der Waals surface area contributed by atoms with Gasteiger partial charge in [-0.05, 0) is 58.8 Å². The summed E-state index contributed by atoms with van der Waals surface area (Å²) < 4.78 is 0. The van der Waals surface area contributed by atoms with E-state index in [1.807, 2.05) is 18.3 Å². The van der Waals surface area contributed by atoms with Crippen molar-refractivity contribution in [1.29, 1.82) is 0 Å². The summed E-state index contributed by atoms with van der Waals surface area (Å²) in [6.07, 6.45) is 1.49. The summed E-state index contributed by atoms with van der Waals surface area (Å²) in [6.45, 7) is 7.96. The van der Waals surface area contributed by atoms with Crippen molar-refractivity contribution >= 4 is 17.3 Å². The topological polar surface area (TPSA) is 40.5 Å². The van der Waals surface area contributed by atoms with Gasteiger partial charge in [0.05, 0.1) is 5.41 Å². The number of thiophene rings is 1. The van der Waals surface area contributed by atoms with E-state index in [2.05, 4.69) is 30.9 Å². The van der Waals surface area contributed by atoms with Crippen molar-refractivity contribution in [3.8, 4) is 0 Å². The Morgan fingerprint density at radius 2 is 2.06 bits per heavy atom. The van der Waals surface area contributed by atoms with E-state index in [0.717, 1.165) is 25.9 Å². The SMILES string of the molecule is Cc1ccc(C(C)N2CCC(C)(C(=O)O)CC2)s1. The van der Waals surface area contributed by atoms with Crippen molar-refractivity contribution < 1.29 is 9.90 Å². The van der Waals surface area contributed by atoms with Crippen LogP contribution in [0.4, 0.5) is 0 Å². The second kappa shape index (κ2) is 5.02. The number of piperidine rings is 1. The maximum absolute atomic E-state index is 11.2. The number of hydrogen-bond donors (Lipinski definition) is 1. The summed E-state index contributed by atoms with van der Waals surface area (Å²) in [7, 11) is 0. The highest BCUT2D eigenvalue weighted by Gasteiger charge is 2.38. The molecule has 0 amide bonds. The minimum Gasteiger partial charge on any atom is -0.481 e. The van der Waals surface area contributed by atoms with Gasteiger partial charge in [0.1, 0.15) is 0 Å². The van der Waals surface area contributed by atoms with E-state index in [9.17, 15) is 9.90 Å². The Morgan fingerprint density at radius 1 is 1.44 bits per heavy atom. The lowest BCUT2D eigenvalue weighted by Gasteiger charge is -2.39. The number of carboxylic acids is 1. The molecule has 1 aliphatic heterocycles. The number of carbonyl (C=O) groups is 1. The first-order valence-electron chi connectivity index (χ1n) is 6.46. The van der Waals surface area contributed by atoms with Crippen LogP contribution >= 0.6 is 11.3 Å². The average molecular weight is 267 g/mol. The molecule has 2 heterocycles. The Hall–Kier alpha value is -0.870. The molecule has 0 spiro atoms. The number of aliphatic carboxylic acids is 1. The Kier molecular flexibility index (Phi) is 3.78. The van der Waals surface area contributed by atoms with Crippen LogP contribution in [-0.2, 0) is 4.79 Å². The largest absolute Gasteiger partial charge is 0.481 e. The third-order valence-corrected chi connectivity index (χ3v) is 5.31. The van der Waals surface area contributed by atoms with Crippen LogP contribution in [0.15, 0.2) is 12.1 Å². The molecule has 100 valence electrons. The molecule has 1 aliphatic rings. The summed E-state index contributed by atoms with van der Waals surface area (Å²) >= 11 is 1.84. The molecule has 1 saturated heterocycles. The van der Waals surface area contributed by atoms with Gasteiger partial charge in [0.25, 0.3) is 0 Å². The molecule has 1 fully saturated rings. The van der Waals surface area contributed by atoms with Crippen molar-refractivity contribution in [2.24, 2.45) is 5.41 Å². The van der Waals surface area contributed by atoms with Crippen molar-refractivity contribution in [2.75, 3.05) is 13.1 Å². The highest BCUT2D eigenvalue weighted by Crippen LogP contribution is 2.36. The number of rotatable bonds is 3. The second-order valence-electron chi connectivity index (χ2n) is 5.53. The summed E-state index contributed by atoms with van der Waals surface area (Å²) in [5.74, 6) is -0.651. The predicted octanol–water partition coefficient (Wildman–Crippen LogP) is 3.30. The maximum Gasteiger partial charge on any atom is 0.309 e. The Balaban J connectivity index is 2.00. The molecule has 1 aromatic rings. The molecular formula is C14H21NO2S. The highest BCUT2D eigenvalue weighted by molar-refractivity contribution is 7.12. The first-order chi connectivity index (χ1) is 8.42. The summed E-state index contributed by atoms with van der Waals surface area (Å²) in [6, 6.07) is 4.75. The van der Waals surface area contributed by atoms with Crippen molar-refractivity contribution in [3.05, 3.63) is 21.9 Å². The van der Waals surface area contributed by atoms with Crippen LogP contribution in [-0.4, -0.2) is 29.1 Å². The van der Waals surface area contributed by atoms with Crippen LogP contribution in [0.2, 0.25) is 0 Å². The first-order valence-corrected chi connectivity index (χ1v) is 7.28. The fourth-order valence-electron chi connectivity index (χ4n) is 2.48. The van der Waals surface area contributed by atoms with E-state index in [1.54, 1.807) is 0 Å². The van der Waals surface area contributed by atoms with Gasteiger partial charge < -0.3 is 5.11 Å². The van der Waals surface area contributed by atoms with Crippen LogP contribution in [0.5, 0.6) is 0 Å². The third kappa shape index (κ3) is 2.59. The van der Waals surface area contributed by atoms with Crippen LogP contribution in [0.1, 0.15) is 42.5 Å². The molecule has 1 atom stereocenters. The van der Waals surface area contributed by atoms with Crippen molar-refractivity contribution in [2.45, 2.75) is 39.7 Å². The molecule has 3 nitrogen and oxygen atoms in total. The van der Waals surface area contributed by atoms with Gasteiger partial charge in [-0.15, -0.1) is 11.3 Å². The molecular weight excluding hydrogens is 246 g/mol. The minimum atomic E-state index is -0.651. The Labute approximate surface area is 112 Å².